The molecule has 27 heavy (non-hydrogen) atoms. The molecule has 0 radical (unpaired) electrons. The van der Waals surface area contributed by atoms with Crippen LogP contribution in [0.1, 0.15) is 16.7 Å². The maximum absolute atomic E-state index is 13.1. The van der Waals surface area contributed by atoms with Crippen molar-refractivity contribution in [2.24, 2.45) is 0 Å². The predicted molar refractivity (Wildman–Crippen MR) is 110 cm³/mol. The van der Waals surface area contributed by atoms with E-state index in [-0.39, 0.29) is 18.1 Å². The first-order valence-corrected chi connectivity index (χ1v) is 9.72. The number of hydrogen-bond donors (Lipinski definition) is 0. The van der Waals surface area contributed by atoms with Crippen molar-refractivity contribution in [3.63, 3.8) is 0 Å². The molecule has 0 aliphatic carbocycles. The number of carbonyl (C=O) groups excluding carboxylic acids is 1. The monoisotopic (exact) mass is 385 g/mol. The van der Waals surface area contributed by atoms with E-state index in [4.69, 9.17) is 4.98 Å². The van der Waals surface area contributed by atoms with Crippen LogP contribution in [0, 0.1) is 19.7 Å². The molecule has 0 atom stereocenters. The average molecular weight is 386 g/mol. The minimum Gasteiger partial charge on any atom is -0.308 e. The average Bonchev–Trinajstić information content (AvgIpc) is 3.00. The van der Waals surface area contributed by atoms with E-state index in [9.17, 15) is 9.18 Å². The van der Waals surface area contributed by atoms with E-state index in [1.54, 1.807) is 28.4 Å². The normalized spacial score (nSPS) is 11.3. The second-order valence-electron chi connectivity index (χ2n) is 7.08. The molecule has 3 rings (SSSR count). The van der Waals surface area contributed by atoms with Gasteiger partial charge in [-0.1, -0.05) is 29.5 Å². The number of aromatic nitrogens is 1. The Bertz CT molecular complexity index is 950. The minimum absolute atomic E-state index is 0.0307. The number of nitrogens with zero attached hydrogens (tertiary/aromatic N) is 3. The number of fused-ring (bicyclic) bond motifs is 1. The number of amides is 1. The summed E-state index contributed by atoms with van der Waals surface area (Å²) in [4.78, 5) is 21.5. The van der Waals surface area contributed by atoms with Crippen LogP contribution in [0.2, 0.25) is 0 Å². The third kappa shape index (κ3) is 4.70. The second kappa shape index (κ2) is 8.15. The van der Waals surface area contributed by atoms with Crippen molar-refractivity contribution in [2.75, 3.05) is 32.1 Å². The Hall–Kier alpha value is -2.31. The topological polar surface area (TPSA) is 36.4 Å². The molecule has 0 fully saturated rings. The van der Waals surface area contributed by atoms with E-state index in [1.807, 2.05) is 19.0 Å². The highest BCUT2D eigenvalue weighted by atomic mass is 32.1. The maximum Gasteiger partial charge on any atom is 0.233 e. The van der Waals surface area contributed by atoms with Crippen LogP contribution in [0.4, 0.5) is 9.52 Å². The first-order chi connectivity index (χ1) is 12.8. The van der Waals surface area contributed by atoms with Gasteiger partial charge in [-0.05, 0) is 62.8 Å². The molecule has 0 spiro atoms. The summed E-state index contributed by atoms with van der Waals surface area (Å²) < 4.78 is 14.2. The lowest BCUT2D eigenvalue weighted by molar-refractivity contribution is -0.118. The maximum atomic E-state index is 13.1. The lowest BCUT2D eigenvalue weighted by atomic mass is 10.1. The van der Waals surface area contributed by atoms with Gasteiger partial charge in [-0.15, -0.1) is 0 Å². The fourth-order valence-electron chi connectivity index (χ4n) is 2.98. The number of rotatable bonds is 6. The number of thiazole rings is 1. The first-order valence-electron chi connectivity index (χ1n) is 8.91. The second-order valence-corrected chi connectivity index (χ2v) is 8.06. The summed E-state index contributed by atoms with van der Waals surface area (Å²) in [7, 11) is 3.96. The van der Waals surface area contributed by atoms with E-state index >= 15 is 0 Å². The Morgan fingerprint density at radius 2 is 1.81 bits per heavy atom. The number of anilines is 1. The zero-order valence-electron chi connectivity index (χ0n) is 16.1. The molecule has 0 N–H and O–H groups in total. The summed E-state index contributed by atoms with van der Waals surface area (Å²) in [6.45, 7) is 5.42. The number of carbonyl (C=O) groups is 1. The lowest BCUT2D eigenvalue weighted by Gasteiger charge is -2.22. The number of benzene rings is 2. The third-order valence-corrected chi connectivity index (χ3v) is 5.61. The molecule has 0 aliphatic heterocycles. The van der Waals surface area contributed by atoms with E-state index in [1.165, 1.54) is 17.7 Å². The van der Waals surface area contributed by atoms with Gasteiger partial charge >= 0.3 is 0 Å². The van der Waals surface area contributed by atoms with Crippen LogP contribution in [0.3, 0.4) is 0 Å². The highest BCUT2D eigenvalue weighted by Crippen LogP contribution is 2.32. The van der Waals surface area contributed by atoms with Gasteiger partial charge in [0.15, 0.2) is 5.13 Å². The SMILES string of the molecule is Cc1cc(C)c2sc(N(CCN(C)C)C(=O)Cc3ccc(F)cc3)nc2c1. The van der Waals surface area contributed by atoms with Gasteiger partial charge in [0.25, 0.3) is 0 Å². The van der Waals surface area contributed by atoms with Gasteiger partial charge in [0, 0.05) is 13.1 Å². The molecule has 142 valence electrons. The summed E-state index contributed by atoms with van der Waals surface area (Å²) in [5, 5.41) is 0.715. The molecule has 6 heteroatoms. The number of halogens is 1. The largest absolute Gasteiger partial charge is 0.308 e. The molecule has 1 amide bonds. The van der Waals surface area contributed by atoms with Crippen LogP contribution in [0.5, 0.6) is 0 Å². The molecule has 1 heterocycles. The Labute approximate surface area is 163 Å². The zero-order chi connectivity index (χ0) is 19.6. The van der Waals surface area contributed by atoms with Crippen LogP contribution in [0.25, 0.3) is 10.2 Å². The summed E-state index contributed by atoms with van der Waals surface area (Å²) in [5.74, 6) is -0.329. The van der Waals surface area contributed by atoms with Crippen molar-refractivity contribution in [3.8, 4) is 0 Å². The van der Waals surface area contributed by atoms with Crippen molar-refractivity contribution in [1.29, 1.82) is 0 Å². The molecular formula is C21H24FN3OS. The van der Waals surface area contributed by atoms with Gasteiger partial charge in [-0.3, -0.25) is 9.69 Å². The van der Waals surface area contributed by atoms with E-state index in [0.29, 0.717) is 11.7 Å². The summed E-state index contributed by atoms with van der Waals surface area (Å²) in [6.07, 6.45) is 0.224. The third-order valence-electron chi connectivity index (χ3n) is 4.38. The minimum atomic E-state index is -0.298. The number of likely N-dealkylation sites (N-methyl/N-ethyl adjacent to an activating group) is 1. The Kier molecular flexibility index (Phi) is 5.87. The smallest absolute Gasteiger partial charge is 0.233 e. The van der Waals surface area contributed by atoms with Crippen molar-refractivity contribution in [3.05, 3.63) is 58.9 Å². The van der Waals surface area contributed by atoms with Crippen LogP contribution in [-0.4, -0.2) is 43.0 Å². The number of aryl methyl sites for hydroxylation is 2. The molecule has 4 nitrogen and oxygen atoms in total. The Balaban J connectivity index is 1.91. The van der Waals surface area contributed by atoms with Crippen LogP contribution >= 0.6 is 11.3 Å². The summed E-state index contributed by atoms with van der Waals surface area (Å²) >= 11 is 1.55. The highest BCUT2D eigenvalue weighted by Gasteiger charge is 2.21. The molecule has 2 aromatic carbocycles. The van der Waals surface area contributed by atoms with Crippen molar-refractivity contribution in [1.82, 2.24) is 9.88 Å². The van der Waals surface area contributed by atoms with Crippen molar-refractivity contribution in [2.45, 2.75) is 20.3 Å². The van der Waals surface area contributed by atoms with Gasteiger partial charge in [0.05, 0.1) is 16.6 Å². The van der Waals surface area contributed by atoms with Crippen LogP contribution < -0.4 is 4.90 Å². The summed E-state index contributed by atoms with van der Waals surface area (Å²) in [5.41, 5.74) is 4.06. The standard InChI is InChI=1S/C21H24FN3OS/c1-14-11-15(2)20-18(12-14)23-21(27-20)25(10-9-24(3)4)19(26)13-16-5-7-17(22)8-6-16/h5-8,11-12H,9-10,13H2,1-4H3. The molecule has 0 saturated carbocycles. The van der Waals surface area contributed by atoms with E-state index in [0.717, 1.165) is 27.9 Å². The highest BCUT2D eigenvalue weighted by molar-refractivity contribution is 7.22. The zero-order valence-corrected chi connectivity index (χ0v) is 16.9. The van der Waals surface area contributed by atoms with Gasteiger partial charge in [0.2, 0.25) is 5.91 Å². The molecule has 0 saturated heterocycles. The van der Waals surface area contributed by atoms with Gasteiger partial charge < -0.3 is 4.90 Å². The van der Waals surface area contributed by atoms with Crippen LogP contribution in [0.15, 0.2) is 36.4 Å². The molecule has 0 unspecified atom stereocenters. The quantitative estimate of drug-likeness (QED) is 0.638. The van der Waals surface area contributed by atoms with E-state index < -0.39 is 0 Å². The first kappa shape index (κ1) is 19.5. The van der Waals surface area contributed by atoms with Crippen molar-refractivity contribution < 1.29 is 9.18 Å². The van der Waals surface area contributed by atoms with Gasteiger partial charge in [-0.2, -0.15) is 0 Å². The lowest BCUT2D eigenvalue weighted by Crippen LogP contribution is -2.37. The molecular weight excluding hydrogens is 361 g/mol. The molecule has 0 bridgehead atoms. The van der Waals surface area contributed by atoms with Gasteiger partial charge in [-0.25, -0.2) is 9.37 Å². The van der Waals surface area contributed by atoms with Crippen LogP contribution in [-0.2, 0) is 11.2 Å². The fourth-order valence-corrected chi connectivity index (χ4v) is 4.04. The predicted octanol–water partition coefficient (Wildman–Crippen LogP) is 4.19. The van der Waals surface area contributed by atoms with Crippen molar-refractivity contribution >= 4 is 32.6 Å². The summed E-state index contributed by atoms with van der Waals surface area (Å²) in [6, 6.07) is 10.3. The Morgan fingerprint density at radius 1 is 1.11 bits per heavy atom. The Morgan fingerprint density at radius 3 is 2.48 bits per heavy atom. The number of hydrogen-bond acceptors (Lipinski definition) is 4. The molecule has 1 aromatic heterocycles. The molecule has 3 aromatic rings. The molecule has 0 aliphatic rings. The fraction of sp³-hybridized carbons (Fsp3) is 0.333. The van der Waals surface area contributed by atoms with E-state index in [2.05, 4.69) is 26.0 Å². The van der Waals surface area contributed by atoms with Gasteiger partial charge in [0.1, 0.15) is 5.82 Å².